The average Bonchev–Trinajstić information content (AvgIpc) is 3.47. The molecule has 1 aliphatic heterocycles. The molecule has 1 heterocycles. The van der Waals surface area contributed by atoms with Crippen LogP contribution in [-0.4, -0.2) is 61.8 Å². The van der Waals surface area contributed by atoms with Gasteiger partial charge < -0.3 is 5.32 Å². The molecule has 152 valence electrons. The highest BCUT2D eigenvalue weighted by molar-refractivity contribution is 9.10. The molecule has 1 amide bonds. The quantitative estimate of drug-likeness (QED) is 0.661. The molecular weight excluding hydrogens is 468 g/mol. The molecule has 1 unspecified atom stereocenters. The number of hydrogen-bond acceptors (Lipinski definition) is 5. The summed E-state index contributed by atoms with van der Waals surface area (Å²) in [4.78, 5) is 14.3. The number of nitrogens with zero attached hydrogens (tertiary/aromatic N) is 3. The van der Waals surface area contributed by atoms with Crippen LogP contribution in [0.3, 0.4) is 0 Å². The van der Waals surface area contributed by atoms with E-state index in [2.05, 4.69) is 27.3 Å². The van der Waals surface area contributed by atoms with Crippen LogP contribution < -0.4 is 5.32 Å². The predicted octanol–water partition coefficient (Wildman–Crippen LogP) is 2.22. The molecule has 10 heteroatoms. The van der Waals surface area contributed by atoms with E-state index in [-0.39, 0.29) is 41.4 Å². The lowest BCUT2D eigenvalue weighted by Crippen LogP contribution is -2.54. The first-order valence-corrected chi connectivity index (χ1v) is 11.7. The van der Waals surface area contributed by atoms with Crippen molar-refractivity contribution in [3.63, 3.8) is 0 Å². The molecule has 1 saturated heterocycles. The molecule has 0 bridgehead atoms. The van der Waals surface area contributed by atoms with E-state index in [9.17, 15) is 18.5 Å². The van der Waals surface area contributed by atoms with Crippen molar-refractivity contribution in [1.82, 2.24) is 14.5 Å². The zero-order valence-electron chi connectivity index (χ0n) is 15.5. The Balaban J connectivity index is 1.57. The van der Waals surface area contributed by atoms with E-state index < -0.39 is 15.6 Å². The first-order chi connectivity index (χ1) is 13.2. The van der Waals surface area contributed by atoms with Crippen molar-refractivity contribution in [2.24, 2.45) is 5.92 Å². The Morgan fingerprint density at radius 3 is 2.54 bits per heavy atom. The van der Waals surface area contributed by atoms with Crippen LogP contribution in [0.15, 0.2) is 27.6 Å². The molecule has 0 aromatic heterocycles. The number of carbonyl (C=O) groups is 1. The first-order valence-electron chi connectivity index (χ1n) is 9.05. The van der Waals surface area contributed by atoms with Gasteiger partial charge in [-0.1, -0.05) is 27.5 Å². The van der Waals surface area contributed by atoms with Gasteiger partial charge in [-0.3, -0.25) is 9.69 Å². The number of hydrogen-bond donors (Lipinski definition) is 1. The maximum atomic E-state index is 12.8. The summed E-state index contributed by atoms with van der Waals surface area (Å²) in [6, 6.07) is 6.90. The highest BCUT2D eigenvalue weighted by atomic mass is 79.9. The number of benzene rings is 1. The lowest BCUT2D eigenvalue weighted by atomic mass is 9.98. The topological polar surface area (TPSA) is 93.5 Å². The summed E-state index contributed by atoms with van der Waals surface area (Å²) in [6.45, 7) is 3.34. The number of halogens is 2. The Labute approximate surface area is 178 Å². The van der Waals surface area contributed by atoms with Crippen molar-refractivity contribution in [2.75, 3.05) is 32.7 Å². The van der Waals surface area contributed by atoms with Crippen LogP contribution >= 0.6 is 27.5 Å². The third-order valence-electron chi connectivity index (χ3n) is 5.24. The molecule has 28 heavy (non-hydrogen) atoms. The number of nitriles is 1. The third kappa shape index (κ3) is 4.69. The second-order valence-corrected chi connectivity index (χ2v) is 10.6. The van der Waals surface area contributed by atoms with Gasteiger partial charge in [0, 0.05) is 30.7 Å². The second kappa shape index (κ2) is 8.28. The van der Waals surface area contributed by atoms with Gasteiger partial charge in [0.15, 0.2) is 0 Å². The summed E-state index contributed by atoms with van der Waals surface area (Å²) in [7, 11) is -3.69. The van der Waals surface area contributed by atoms with E-state index >= 15 is 0 Å². The van der Waals surface area contributed by atoms with E-state index in [1.54, 1.807) is 19.1 Å². The SMILES string of the molecule is CC(C#N)(NC(=O)CN1CCN(S(=O)(=O)c2ccc(Br)cc2Cl)CC1)C1CC1. The van der Waals surface area contributed by atoms with Crippen LogP contribution in [0.5, 0.6) is 0 Å². The maximum absolute atomic E-state index is 12.8. The molecule has 1 N–H and O–H groups in total. The molecular formula is C18H22BrClN4O3S. The summed E-state index contributed by atoms with van der Waals surface area (Å²) in [5, 5.41) is 12.4. The number of nitrogens with one attached hydrogen (secondary N) is 1. The summed E-state index contributed by atoms with van der Waals surface area (Å²) in [5.74, 6) is 0.0160. The van der Waals surface area contributed by atoms with Crippen LogP contribution in [-0.2, 0) is 14.8 Å². The van der Waals surface area contributed by atoms with Crippen molar-refractivity contribution < 1.29 is 13.2 Å². The first kappa shape index (κ1) is 21.5. The Morgan fingerprint density at radius 1 is 1.36 bits per heavy atom. The predicted molar refractivity (Wildman–Crippen MR) is 109 cm³/mol. The number of carbonyl (C=O) groups excluding carboxylic acids is 1. The van der Waals surface area contributed by atoms with Crippen LogP contribution in [0.1, 0.15) is 19.8 Å². The van der Waals surface area contributed by atoms with Gasteiger partial charge >= 0.3 is 0 Å². The van der Waals surface area contributed by atoms with E-state index in [0.717, 1.165) is 12.8 Å². The molecule has 7 nitrogen and oxygen atoms in total. The second-order valence-electron chi connectivity index (χ2n) is 7.39. The minimum Gasteiger partial charge on any atom is -0.337 e. The van der Waals surface area contributed by atoms with Gasteiger partial charge in [-0.05, 0) is 43.9 Å². The molecule has 1 saturated carbocycles. The number of rotatable bonds is 6. The monoisotopic (exact) mass is 488 g/mol. The highest BCUT2D eigenvalue weighted by Crippen LogP contribution is 2.39. The Morgan fingerprint density at radius 2 is 2.00 bits per heavy atom. The summed E-state index contributed by atoms with van der Waals surface area (Å²) in [6.07, 6.45) is 1.92. The molecule has 2 aliphatic rings. The fraction of sp³-hybridized carbons (Fsp3) is 0.556. The Kier molecular flexibility index (Phi) is 6.37. The van der Waals surface area contributed by atoms with E-state index in [4.69, 9.17) is 11.6 Å². The molecule has 1 atom stereocenters. The van der Waals surface area contributed by atoms with E-state index in [0.29, 0.717) is 17.6 Å². The van der Waals surface area contributed by atoms with Crippen molar-refractivity contribution in [3.8, 4) is 6.07 Å². The normalized spacial score (nSPS) is 20.9. The number of amides is 1. The van der Waals surface area contributed by atoms with Gasteiger partial charge in [-0.25, -0.2) is 8.42 Å². The molecule has 0 spiro atoms. The Hall–Kier alpha value is -1.18. The highest BCUT2D eigenvalue weighted by Gasteiger charge is 2.43. The summed E-state index contributed by atoms with van der Waals surface area (Å²) >= 11 is 9.38. The maximum Gasteiger partial charge on any atom is 0.244 e. The van der Waals surface area contributed by atoms with Gasteiger partial charge in [0.2, 0.25) is 15.9 Å². The van der Waals surface area contributed by atoms with Crippen LogP contribution in [0.25, 0.3) is 0 Å². The van der Waals surface area contributed by atoms with E-state index in [1.807, 2.05) is 4.90 Å². The summed E-state index contributed by atoms with van der Waals surface area (Å²) < 4.78 is 27.8. The standard InChI is InChI=1S/C18H22BrClN4O3S/c1-18(12-21,13-2-3-13)22-17(25)11-23-6-8-24(9-7-23)28(26,27)16-5-4-14(19)10-15(16)20/h4-5,10,13H,2-3,6-9,11H2,1H3,(H,22,25). The van der Waals surface area contributed by atoms with Crippen LogP contribution in [0.2, 0.25) is 5.02 Å². The minimum absolute atomic E-state index is 0.0813. The van der Waals surface area contributed by atoms with Crippen LogP contribution in [0.4, 0.5) is 0 Å². The van der Waals surface area contributed by atoms with Crippen molar-refractivity contribution in [2.45, 2.75) is 30.2 Å². The molecule has 0 radical (unpaired) electrons. The third-order valence-corrected chi connectivity index (χ3v) is 8.11. The average molecular weight is 490 g/mol. The zero-order valence-corrected chi connectivity index (χ0v) is 18.6. The summed E-state index contributed by atoms with van der Waals surface area (Å²) in [5.41, 5.74) is -0.819. The minimum atomic E-state index is -3.69. The Bertz CT molecular complexity index is 908. The number of sulfonamides is 1. The largest absolute Gasteiger partial charge is 0.337 e. The fourth-order valence-electron chi connectivity index (χ4n) is 3.37. The van der Waals surface area contributed by atoms with Gasteiger partial charge in [0.1, 0.15) is 10.4 Å². The molecule has 1 aromatic carbocycles. The lowest BCUT2D eigenvalue weighted by Gasteiger charge is -2.34. The van der Waals surface area contributed by atoms with Gasteiger partial charge in [0.25, 0.3) is 0 Å². The number of piperazine rings is 1. The van der Waals surface area contributed by atoms with Gasteiger partial charge in [0.05, 0.1) is 17.6 Å². The van der Waals surface area contributed by atoms with Crippen molar-refractivity contribution in [3.05, 3.63) is 27.7 Å². The van der Waals surface area contributed by atoms with Gasteiger partial charge in [-0.2, -0.15) is 9.57 Å². The van der Waals surface area contributed by atoms with E-state index in [1.165, 1.54) is 10.4 Å². The lowest BCUT2D eigenvalue weighted by molar-refractivity contribution is -0.123. The fourth-order valence-corrected chi connectivity index (χ4v) is 5.80. The molecule has 2 fully saturated rings. The van der Waals surface area contributed by atoms with Crippen molar-refractivity contribution >= 4 is 43.5 Å². The zero-order chi connectivity index (χ0) is 20.5. The molecule has 3 rings (SSSR count). The smallest absolute Gasteiger partial charge is 0.244 e. The van der Waals surface area contributed by atoms with Crippen molar-refractivity contribution in [1.29, 1.82) is 5.26 Å². The molecule has 1 aromatic rings. The van der Waals surface area contributed by atoms with Gasteiger partial charge in [-0.15, -0.1) is 0 Å². The molecule has 1 aliphatic carbocycles. The van der Waals surface area contributed by atoms with Crippen LogP contribution in [0, 0.1) is 17.2 Å².